The molecule has 0 saturated heterocycles. The lowest BCUT2D eigenvalue weighted by Crippen LogP contribution is -2.26. The molecule has 1 aliphatic rings. The van der Waals surface area contributed by atoms with Crippen LogP contribution in [0.3, 0.4) is 0 Å². The standard InChI is InChI=1S/C15H16FNO4/c16-12-3-1-2-10(4-7-14(19)20)15(12)21-9-8-13(18)17-11-5-6-11/h1-4,7,11H,5-6,8-9H2,(H,17,18)(H,19,20)/b7-4+. The number of carbonyl (C=O) groups is 2. The molecule has 1 saturated carbocycles. The Kier molecular flexibility index (Phi) is 4.92. The molecule has 1 aliphatic carbocycles. The second-order valence-electron chi connectivity index (χ2n) is 4.77. The van der Waals surface area contributed by atoms with Gasteiger partial charge in [-0.25, -0.2) is 9.18 Å². The summed E-state index contributed by atoms with van der Waals surface area (Å²) < 4.78 is 19.0. The van der Waals surface area contributed by atoms with Crippen molar-refractivity contribution in [1.82, 2.24) is 5.32 Å². The molecule has 0 aliphatic heterocycles. The molecule has 0 bridgehead atoms. The molecule has 0 spiro atoms. The molecule has 6 heteroatoms. The minimum atomic E-state index is -1.13. The zero-order chi connectivity index (χ0) is 15.2. The van der Waals surface area contributed by atoms with Gasteiger partial charge in [-0.15, -0.1) is 0 Å². The summed E-state index contributed by atoms with van der Waals surface area (Å²) in [5.74, 6) is -1.90. The minimum absolute atomic E-state index is 0.0351. The minimum Gasteiger partial charge on any atom is -0.489 e. The highest BCUT2D eigenvalue weighted by molar-refractivity contribution is 5.85. The first-order chi connectivity index (χ1) is 10.1. The van der Waals surface area contributed by atoms with Gasteiger partial charge in [0.25, 0.3) is 0 Å². The number of benzene rings is 1. The number of nitrogens with one attached hydrogen (secondary N) is 1. The van der Waals surface area contributed by atoms with Crippen molar-refractivity contribution in [3.05, 3.63) is 35.7 Å². The quantitative estimate of drug-likeness (QED) is 0.754. The first kappa shape index (κ1) is 15.0. The van der Waals surface area contributed by atoms with Crippen LogP contribution in [0.15, 0.2) is 24.3 Å². The summed E-state index contributed by atoms with van der Waals surface area (Å²) in [4.78, 5) is 22.0. The average molecular weight is 293 g/mol. The fourth-order valence-electron chi connectivity index (χ4n) is 1.74. The van der Waals surface area contributed by atoms with Crippen molar-refractivity contribution >= 4 is 18.0 Å². The number of para-hydroxylation sites is 1. The van der Waals surface area contributed by atoms with Crippen molar-refractivity contribution < 1.29 is 23.8 Å². The highest BCUT2D eigenvalue weighted by Crippen LogP contribution is 2.24. The summed E-state index contributed by atoms with van der Waals surface area (Å²) in [5, 5.41) is 11.4. The van der Waals surface area contributed by atoms with Gasteiger partial charge in [0.1, 0.15) is 0 Å². The lowest BCUT2D eigenvalue weighted by Gasteiger charge is -2.10. The van der Waals surface area contributed by atoms with E-state index in [-0.39, 0.29) is 30.7 Å². The second-order valence-corrected chi connectivity index (χ2v) is 4.77. The number of aliphatic carboxylic acids is 1. The van der Waals surface area contributed by atoms with Crippen LogP contribution in [-0.2, 0) is 9.59 Å². The number of rotatable bonds is 7. The number of carbonyl (C=O) groups excluding carboxylic acids is 1. The molecular formula is C15H16FNO4. The van der Waals surface area contributed by atoms with E-state index in [0.717, 1.165) is 18.9 Å². The van der Waals surface area contributed by atoms with Crippen molar-refractivity contribution in [2.45, 2.75) is 25.3 Å². The summed E-state index contributed by atoms with van der Waals surface area (Å²) in [5.41, 5.74) is 0.319. The van der Waals surface area contributed by atoms with Crippen LogP contribution in [-0.4, -0.2) is 29.6 Å². The number of amides is 1. The molecule has 0 unspecified atom stereocenters. The topological polar surface area (TPSA) is 75.6 Å². The Morgan fingerprint density at radius 2 is 2.19 bits per heavy atom. The summed E-state index contributed by atoms with van der Waals surface area (Å²) in [6.07, 6.45) is 4.30. The van der Waals surface area contributed by atoms with Gasteiger partial charge in [0, 0.05) is 17.7 Å². The van der Waals surface area contributed by atoms with Crippen LogP contribution in [0.2, 0.25) is 0 Å². The zero-order valence-electron chi connectivity index (χ0n) is 11.3. The van der Waals surface area contributed by atoms with Crippen molar-refractivity contribution in [1.29, 1.82) is 0 Å². The van der Waals surface area contributed by atoms with E-state index < -0.39 is 11.8 Å². The van der Waals surface area contributed by atoms with Crippen LogP contribution in [0.25, 0.3) is 6.08 Å². The van der Waals surface area contributed by atoms with Gasteiger partial charge in [0.05, 0.1) is 13.0 Å². The lowest BCUT2D eigenvalue weighted by molar-refractivity contribution is -0.131. The summed E-state index contributed by atoms with van der Waals surface area (Å²) in [6.45, 7) is 0.0351. The van der Waals surface area contributed by atoms with Crippen LogP contribution in [0, 0.1) is 5.82 Å². The van der Waals surface area contributed by atoms with E-state index >= 15 is 0 Å². The molecule has 112 valence electrons. The molecule has 1 aromatic carbocycles. The maximum atomic E-state index is 13.7. The third-order valence-corrected chi connectivity index (χ3v) is 2.92. The Hall–Kier alpha value is -2.37. The predicted octanol–water partition coefficient (Wildman–Crippen LogP) is 1.97. The van der Waals surface area contributed by atoms with Gasteiger partial charge in [-0.05, 0) is 25.0 Å². The van der Waals surface area contributed by atoms with Crippen molar-refractivity contribution in [2.75, 3.05) is 6.61 Å². The number of ether oxygens (including phenoxy) is 1. The molecule has 0 aromatic heterocycles. The zero-order valence-corrected chi connectivity index (χ0v) is 11.3. The van der Waals surface area contributed by atoms with Crippen LogP contribution in [0.4, 0.5) is 4.39 Å². The van der Waals surface area contributed by atoms with E-state index in [1.807, 2.05) is 0 Å². The molecular weight excluding hydrogens is 277 g/mol. The molecule has 0 heterocycles. The van der Waals surface area contributed by atoms with Crippen LogP contribution >= 0.6 is 0 Å². The summed E-state index contributed by atoms with van der Waals surface area (Å²) in [7, 11) is 0. The number of carboxylic acid groups (broad SMARTS) is 1. The van der Waals surface area contributed by atoms with Gasteiger partial charge >= 0.3 is 5.97 Å². The van der Waals surface area contributed by atoms with Crippen LogP contribution in [0.1, 0.15) is 24.8 Å². The first-order valence-corrected chi connectivity index (χ1v) is 6.68. The Balaban J connectivity index is 1.94. The lowest BCUT2D eigenvalue weighted by atomic mass is 10.2. The SMILES string of the molecule is O=C(O)/C=C/c1cccc(F)c1OCCC(=O)NC1CC1. The largest absolute Gasteiger partial charge is 0.489 e. The van der Waals surface area contributed by atoms with Gasteiger partial charge in [0.2, 0.25) is 5.91 Å². The average Bonchev–Trinajstić information content (AvgIpc) is 3.22. The maximum Gasteiger partial charge on any atom is 0.328 e. The predicted molar refractivity (Wildman–Crippen MR) is 74.3 cm³/mol. The molecule has 21 heavy (non-hydrogen) atoms. The number of hydrogen-bond donors (Lipinski definition) is 2. The fourth-order valence-corrected chi connectivity index (χ4v) is 1.74. The van der Waals surface area contributed by atoms with Gasteiger partial charge in [-0.3, -0.25) is 4.79 Å². The van der Waals surface area contributed by atoms with E-state index in [1.54, 1.807) is 6.07 Å². The van der Waals surface area contributed by atoms with E-state index in [1.165, 1.54) is 18.2 Å². The molecule has 1 fully saturated rings. The van der Waals surface area contributed by atoms with Gasteiger partial charge in [-0.1, -0.05) is 12.1 Å². The molecule has 5 nitrogen and oxygen atoms in total. The third kappa shape index (κ3) is 4.91. The van der Waals surface area contributed by atoms with E-state index in [0.29, 0.717) is 5.56 Å². The molecule has 1 amide bonds. The van der Waals surface area contributed by atoms with Crippen molar-refractivity contribution in [2.24, 2.45) is 0 Å². The highest BCUT2D eigenvalue weighted by atomic mass is 19.1. The van der Waals surface area contributed by atoms with E-state index in [4.69, 9.17) is 9.84 Å². The van der Waals surface area contributed by atoms with Gasteiger partial charge in [0.15, 0.2) is 11.6 Å². The number of hydrogen-bond acceptors (Lipinski definition) is 3. The Labute approximate surface area is 121 Å². The Morgan fingerprint density at radius 1 is 1.43 bits per heavy atom. The molecule has 1 aromatic rings. The normalized spacial score (nSPS) is 14.1. The molecule has 0 atom stereocenters. The third-order valence-electron chi connectivity index (χ3n) is 2.92. The Bertz CT molecular complexity index is 567. The van der Waals surface area contributed by atoms with Crippen molar-refractivity contribution in [3.63, 3.8) is 0 Å². The smallest absolute Gasteiger partial charge is 0.328 e. The first-order valence-electron chi connectivity index (χ1n) is 6.68. The van der Waals surface area contributed by atoms with Gasteiger partial charge < -0.3 is 15.2 Å². The monoisotopic (exact) mass is 293 g/mol. The highest BCUT2D eigenvalue weighted by Gasteiger charge is 2.23. The molecule has 2 N–H and O–H groups in total. The number of carboxylic acids is 1. The molecule has 0 radical (unpaired) electrons. The second kappa shape index (κ2) is 6.88. The Morgan fingerprint density at radius 3 is 2.86 bits per heavy atom. The summed E-state index contributed by atoms with van der Waals surface area (Å²) >= 11 is 0. The van der Waals surface area contributed by atoms with Crippen molar-refractivity contribution in [3.8, 4) is 5.75 Å². The van der Waals surface area contributed by atoms with Crippen LogP contribution < -0.4 is 10.1 Å². The van der Waals surface area contributed by atoms with Gasteiger partial charge in [-0.2, -0.15) is 0 Å². The van der Waals surface area contributed by atoms with Crippen LogP contribution in [0.5, 0.6) is 5.75 Å². The van der Waals surface area contributed by atoms with E-state index in [9.17, 15) is 14.0 Å². The molecule has 2 rings (SSSR count). The van der Waals surface area contributed by atoms with E-state index in [2.05, 4.69) is 5.32 Å². The maximum absolute atomic E-state index is 13.7. The fraction of sp³-hybridized carbons (Fsp3) is 0.333. The number of halogens is 1. The summed E-state index contributed by atoms with van der Waals surface area (Å²) in [6, 6.07) is 4.50.